The normalized spacial score (nSPS) is 11.3. The van der Waals surface area contributed by atoms with Crippen molar-refractivity contribution < 1.29 is 14.6 Å². The predicted octanol–water partition coefficient (Wildman–Crippen LogP) is 7.87. The summed E-state index contributed by atoms with van der Waals surface area (Å²) >= 11 is 0. The van der Waals surface area contributed by atoms with Crippen LogP contribution >= 0.6 is 0 Å². The third-order valence-corrected chi connectivity index (χ3v) is 7.46. The predicted molar refractivity (Wildman–Crippen MR) is 168 cm³/mol. The largest absolute Gasteiger partial charge is 0.487 e. The second kappa shape index (κ2) is 13.3. The number of para-hydroxylation sites is 2. The third kappa shape index (κ3) is 7.31. The highest BCUT2D eigenvalue weighted by Crippen LogP contribution is 2.20. The van der Waals surface area contributed by atoms with Crippen LogP contribution in [0.4, 0.5) is 0 Å². The summed E-state index contributed by atoms with van der Waals surface area (Å²) in [5, 5.41) is 12.8. The Hall–Kier alpha value is -4.74. The lowest BCUT2D eigenvalue weighted by Gasteiger charge is -2.12. The van der Waals surface area contributed by atoms with Crippen LogP contribution in [0, 0.1) is 0 Å². The van der Waals surface area contributed by atoms with E-state index in [1.165, 1.54) is 11.1 Å². The Labute approximate surface area is 246 Å². The lowest BCUT2D eigenvalue weighted by Crippen LogP contribution is -2.09. The molecule has 0 bridgehead atoms. The molecule has 42 heavy (non-hydrogen) atoms. The van der Waals surface area contributed by atoms with Crippen molar-refractivity contribution in [3.05, 3.63) is 144 Å². The van der Waals surface area contributed by atoms with Crippen LogP contribution in [0.2, 0.25) is 0 Å². The Morgan fingerprint density at radius 2 is 0.929 bits per heavy atom. The monoisotopic (exact) mass is 554 g/mol. The minimum Gasteiger partial charge on any atom is -0.487 e. The number of hydrogen-bond acceptors (Lipinski definition) is 5. The summed E-state index contributed by atoms with van der Waals surface area (Å²) in [5.41, 5.74) is 6.14. The molecule has 0 fully saturated rings. The number of aliphatic hydroxyl groups excluding tert-OH is 1. The van der Waals surface area contributed by atoms with E-state index in [0.717, 1.165) is 70.4 Å². The van der Waals surface area contributed by atoms with Crippen molar-refractivity contribution in [2.24, 2.45) is 0 Å². The first-order valence-electron chi connectivity index (χ1n) is 14.5. The second-order valence-electron chi connectivity index (χ2n) is 10.6. The van der Waals surface area contributed by atoms with E-state index < -0.39 is 0 Å². The average Bonchev–Trinajstić information content (AvgIpc) is 3.05. The summed E-state index contributed by atoms with van der Waals surface area (Å²) in [7, 11) is 0. The Morgan fingerprint density at radius 1 is 0.500 bits per heavy atom. The second-order valence-corrected chi connectivity index (χ2v) is 10.6. The van der Waals surface area contributed by atoms with Crippen molar-refractivity contribution in [1.82, 2.24) is 9.97 Å². The van der Waals surface area contributed by atoms with Crippen molar-refractivity contribution in [3.8, 4) is 11.5 Å². The number of aromatic nitrogens is 2. The summed E-state index contributed by atoms with van der Waals surface area (Å²) in [4.78, 5) is 9.33. The fourth-order valence-electron chi connectivity index (χ4n) is 5.01. The minimum absolute atomic E-state index is 0.352. The highest BCUT2D eigenvalue weighted by atomic mass is 16.5. The average molecular weight is 555 g/mol. The van der Waals surface area contributed by atoms with Crippen molar-refractivity contribution >= 4 is 21.8 Å². The molecule has 0 spiro atoms. The molecule has 2 aromatic heterocycles. The molecule has 5 heteroatoms. The van der Waals surface area contributed by atoms with E-state index >= 15 is 0 Å². The Balaban J connectivity index is 0.909. The quantitative estimate of drug-likeness (QED) is 0.167. The van der Waals surface area contributed by atoms with Gasteiger partial charge in [-0.2, -0.15) is 0 Å². The number of aliphatic hydroxyl groups is 1. The summed E-state index contributed by atoms with van der Waals surface area (Å²) in [6.45, 7) is 0.856. The smallest absolute Gasteiger partial charge is 0.130 e. The van der Waals surface area contributed by atoms with Crippen LogP contribution in [0.1, 0.15) is 35.4 Å². The summed E-state index contributed by atoms with van der Waals surface area (Å²) in [6.07, 6.45) is 2.74. The van der Waals surface area contributed by atoms with Crippen LogP contribution in [0.5, 0.6) is 11.5 Å². The molecule has 5 nitrogen and oxygen atoms in total. The SMILES string of the molecule is OC(CCc1ccc(OCc2ccc3ccccc3n2)cc1)CCc1ccc(OCc2ccc3ccccc3n2)cc1. The van der Waals surface area contributed by atoms with E-state index in [2.05, 4.69) is 58.5 Å². The lowest BCUT2D eigenvalue weighted by molar-refractivity contribution is 0.155. The van der Waals surface area contributed by atoms with Crippen LogP contribution in [0.15, 0.2) is 121 Å². The van der Waals surface area contributed by atoms with E-state index in [-0.39, 0.29) is 6.10 Å². The molecule has 0 amide bonds. The first-order chi connectivity index (χ1) is 20.7. The zero-order chi connectivity index (χ0) is 28.6. The van der Waals surface area contributed by atoms with E-state index in [1.807, 2.05) is 72.8 Å². The Bertz CT molecular complexity index is 1620. The fraction of sp³-hybridized carbons (Fsp3) is 0.189. The summed E-state index contributed by atoms with van der Waals surface area (Å²) < 4.78 is 11.9. The molecule has 1 N–H and O–H groups in total. The number of pyridine rings is 2. The third-order valence-electron chi connectivity index (χ3n) is 7.46. The molecule has 6 aromatic rings. The summed E-state index contributed by atoms with van der Waals surface area (Å²) in [6, 6.07) is 40.6. The molecule has 6 rings (SSSR count). The van der Waals surface area contributed by atoms with Crippen molar-refractivity contribution in [3.63, 3.8) is 0 Å². The van der Waals surface area contributed by atoms with Crippen molar-refractivity contribution in [2.45, 2.75) is 45.0 Å². The number of ether oxygens (including phenoxy) is 2. The van der Waals surface area contributed by atoms with Gasteiger partial charge in [-0.3, -0.25) is 0 Å². The summed E-state index contributed by atoms with van der Waals surface area (Å²) in [5.74, 6) is 1.63. The molecule has 0 aliphatic carbocycles. The van der Waals surface area contributed by atoms with Gasteiger partial charge in [0.15, 0.2) is 0 Å². The molecule has 0 radical (unpaired) electrons. The van der Waals surface area contributed by atoms with Crippen molar-refractivity contribution in [2.75, 3.05) is 0 Å². The van der Waals surface area contributed by atoms with Gasteiger partial charge >= 0.3 is 0 Å². The molecular formula is C37H34N2O3. The van der Waals surface area contributed by atoms with Gasteiger partial charge in [0.2, 0.25) is 0 Å². The van der Waals surface area contributed by atoms with Gasteiger partial charge in [-0.15, -0.1) is 0 Å². The van der Waals surface area contributed by atoms with Gasteiger partial charge in [0, 0.05) is 10.8 Å². The Kier molecular flexibility index (Phi) is 8.67. The van der Waals surface area contributed by atoms with Gasteiger partial charge in [0.05, 0.1) is 28.5 Å². The van der Waals surface area contributed by atoms with E-state index in [4.69, 9.17) is 9.47 Å². The molecule has 2 heterocycles. The van der Waals surface area contributed by atoms with E-state index in [0.29, 0.717) is 13.2 Å². The fourth-order valence-corrected chi connectivity index (χ4v) is 5.01. The van der Waals surface area contributed by atoms with Gasteiger partial charge < -0.3 is 14.6 Å². The first kappa shape index (κ1) is 27.4. The molecular weight excluding hydrogens is 520 g/mol. The number of fused-ring (bicyclic) bond motifs is 2. The molecule has 0 saturated heterocycles. The minimum atomic E-state index is -0.352. The molecule has 0 aliphatic rings. The first-order valence-corrected chi connectivity index (χ1v) is 14.5. The number of rotatable bonds is 12. The van der Waals surface area contributed by atoms with Gasteiger partial charge in [-0.1, -0.05) is 72.8 Å². The number of benzene rings is 4. The molecule has 0 aliphatic heterocycles. The molecule has 4 aromatic carbocycles. The van der Waals surface area contributed by atoms with Crippen LogP contribution in [0.25, 0.3) is 21.8 Å². The van der Waals surface area contributed by atoms with Crippen LogP contribution in [0.3, 0.4) is 0 Å². The Morgan fingerprint density at radius 3 is 1.38 bits per heavy atom. The zero-order valence-corrected chi connectivity index (χ0v) is 23.5. The van der Waals surface area contributed by atoms with Crippen LogP contribution in [-0.2, 0) is 26.1 Å². The molecule has 0 atom stereocenters. The lowest BCUT2D eigenvalue weighted by atomic mass is 10.0. The highest BCUT2D eigenvalue weighted by molar-refractivity contribution is 5.79. The van der Waals surface area contributed by atoms with Gasteiger partial charge in [0.1, 0.15) is 24.7 Å². The number of hydrogen-bond donors (Lipinski definition) is 1. The van der Waals surface area contributed by atoms with Crippen LogP contribution in [-0.4, -0.2) is 21.2 Å². The maximum atomic E-state index is 10.6. The molecule has 210 valence electrons. The maximum Gasteiger partial charge on any atom is 0.130 e. The standard InChI is InChI=1S/C37H34N2O3/c40-33(19-9-27-11-21-34(22-12-27)41-25-31-17-15-29-5-1-3-7-36(29)38-31)20-10-28-13-23-35(24-14-28)42-26-32-18-16-30-6-2-4-8-37(30)39-32/h1-8,11-18,21-24,33,40H,9-10,19-20,25-26H2. The van der Waals surface area contributed by atoms with Crippen molar-refractivity contribution in [1.29, 1.82) is 0 Å². The molecule has 0 saturated carbocycles. The van der Waals surface area contributed by atoms with Gasteiger partial charge in [0.25, 0.3) is 0 Å². The van der Waals surface area contributed by atoms with Gasteiger partial charge in [-0.05, 0) is 85.3 Å². The van der Waals surface area contributed by atoms with Gasteiger partial charge in [-0.25, -0.2) is 9.97 Å². The zero-order valence-electron chi connectivity index (χ0n) is 23.5. The highest BCUT2D eigenvalue weighted by Gasteiger charge is 2.07. The van der Waals surface area contributed by atoms with Crippen LogP contribution < -0.4 is 9.47 Å². The maximum absolute atomic E-state index is 10.6. The number of nitrogens with zero attached hydrogens (tertiary/aromatic N) is 2. The van der Waals surface area contributed by atoms with E-state index in [9.17, 15) is 5.11 Å². The topological polar surface area (TPSA) is 64.5 Å². The molecule has 0 unspecified atom stereocenters. The number of aryl methyl sites for hydroxylation is 2. The van der Waals surface area contributed by atoms with E-state index in [1.54, 1.807) is 0 Å².